The first-order chi connectivity index (χ1) is 10.0. The quantitative estimate of drug-likeness (QED) is 0.832. The molecule has 112 valence electrons. The van der Waals surface area contributed by atoms with Gasteiger partial charge in [0, 0.05) is 6.20 Å². The third-order valence-electron chi connectivity index (χ3n) is 4.49. The molecule has 1 saturated carbocycles. The van der Waals surface area contributed by atoms with Crippen LogP contribution in [0.3, 0.4) is 0 Å². The lowest BCUT2D eigenvalue weighted by molar-refractivity contribution is -0.138. The number of carboxylic acids is 1. The Labute approximate surface area is 121 Å². The highest BCUT2D eigenvalue weighted by atomic mass is 16.4. The van der Waals surface area contributed by atoms with Gasteiger partial charge in [0.25, 0.3) is 0 Å². The molecule has 3 rings (SSSR count). The fraction of sp³-hybridized carbons (Fsp3) is 0.571. The van der Waals surface area contributed by atoms with E-state index in [-0.39, 0.29) is 30.2 Å². The van der Waals surface area contributed by atoms with Crippen molar-refractivity contribution in [2.75, 3.05) is 4.90 Å². The molecule has 1 aromatic heterocycles. The zero-order valence-corrected chi connectivity index (χ0v) is 11.7. The fourth-order valence-electron chi connectivity index (χ4n) is 3.41. The number of amides is 2. The smallest absolute Gasteiger partial charge is 0.325 e. The molecule has 1 aliphatic heterocycles. The van der Waals surface area contributed by atoms with E-state index in [1.807, 2.05) is 0 Å². The summed E-state index contributed by atoms with van der Waals surface area (Å²) in [5.74, 6) is -1.35. The zero-order valence-electron chi connectivity index (χ0n) is 11.7. The van der Waals surface area contributed by atoms with E-state index in [0.29, 0.717) is 11.6 Å². The summed E-state index contributed by atoms with van der Waals surface area (Å²) >= 11 is 0. The van der Waals surface area contributed by atoms with Crippen molar-refractivity contribution in [2.24, 2.45) is 17.8 Å². The molecule has 1 saturated heterocycles. The molecule has 0 aromatic carbocycles. The minimum absolute atomic E-state index is 0.171. The van der Waals surface area contributed by atoms with Crippen LogP contribution in [0.15, 0.2) is 12.4 Å². The number of aromatic nitrogens is 2. The Morgan fingerprint density at radius 1 is 1.33 bits per heavy atom. The van der Waals surface area contributed by atoms with Gasteiger partial charge in [0.2, 0.25) is 11.8 Å². The molecule has 2 fully saturated rings. The van der Waals surface area contributed by atoms with Crippen LogP contribution in [0.2, 0.25) is 0 Å². The summed E-state index contributed by atoms with van der Waals surface area (Å²) in [5, 5.41) is 12.6. The maximum Gasteiger partial charge on any atom is 0.325 e. The lowest BCUT2D eigenvalue weighted by atomic mass is 10.00. The Kier molecular flexibility index (Phi) is 3.27. The van der Waals surface area contributed by atoms with Crippen molar-refractivity contribution in [1.29, 1.82) is 0 Å². The molecule has 0 radical (unpaired) electrons. The van der Waals surface area contributed by atoms with Gasteiger partial charge in [0.1, 0.15) is 6.54 Å². The largest absolute Gasteiger partial charge is 0.480 e. The molecule has 2 aliphatic rings. The van der Waals surface area contributed by atoms with Gasteiger partial charge in [-0.25, -0.2) is 4.90 Å². The van der Waals surface area contributed by atoms with Gasteiger partial charge in [-0.3, -0.25) is 19.1 Å². The normalized spacial score (nSPS) is 28.2. The third-order valence-corrected chi connectivity index (χ3v) is 4.49. The standard InChI is InChI=1S/C14H17N3O4/c1-2-8-3-10-11(4-8)14(21)17(13(10)20)9-5-15-16(6-9)7-12(18)19/h5-6,8,10-11H,2-4,7H2,1H3,(H,18,19). The molecule has 7 nitrogen and oxygen atoms in total. The molecular formula is C14H17N3O4. The number of rotatable bonds is 4. The van der Waals surface area contributed by atoms with Crippen molar-refractivity contribution in [3.63, 3.8) is 0 Å². The summed E-state index contributed by atoms with van der Waals surface area (Å²) in [4.78, 5) is 36.7. The van der Waals surface area contributed by atoms with E-state index in [1.165, 1.54) is 22.0 Å². The number of fused-ring (bicyclic) bond motifs is 1. The van der Waals surface area contributed by atoms with Gasteiger partial charge < -0.3 is 5.11 Å². The topological polar surface area (TPSA) is 92.5 Å². The van der Waals surface area contributed by atoms with Gasteiger partial charge in [-0.05, 0) is 18.8 Å². The van der Waals surface area contributed by atoms with Gasteiger partial charge in [-0.15, -0.1) is 0 Å². The Morgan fingerprint density at radius 2 is 1.95 bits per heavy atom. The number of anilines is 1. The first-order valence-electron chi connectivity index (χ1n) is 7.13. The average Bonchev–Trinajstić information content (AvgIpc) is 3.08. The van der Waals surface area contributed by atoms with Crippen molar-refractivity contribution >= 4 is 23.5 Å². The lowest BCUT2D eigenvalue weighted by Gasteiger charge is -2.15. The van der Waals surface area contributed by atoms with E-state index < -0.39 is 5.97 Å². The number of imide groups is 1. The van der Waals surface area contributed by atoms with Crippen LogP contribution in [0.25, 0.3) is 0 Å². The van der Waals surface area contributed by atoms with Crippen LogP contribution >= 0.6 is 0 Å². The van der Waals surface area contributed by atoms with Crippen molar-refractivity contribution in [3.05, 3.63) is 12.4 Å². The number of carboxylic acid groups (broad SMARTS) is 1. The third kappa shape index (κ3) is 2.22. The van der Waals surface area contributed by atoms with Crippen molar-refractivity contribution < 1.29 is 19.5 Å². The number of carbonyl (C=O) groups is 3. The summed E-state index contributed by atoms with van der Waals surface area (Å²) in [6, 6.07) is 0. The predicted molar refractivity (Wildman–Crippen MR) is 72.4 cm³/mol. The van der Waals surface area contributed by atoms with Crippen molar-refractivity contribution in [2.45, 2.75) is 32.7 Å². The van der Waals surface area contributed by atoms with E-state index in [2.05, 4.69) is 12.0 Å². The molecule has 2 unspecified atom stereocenters. The van der Waals surface area contributed by atoms with Gasteiger partial charge in [-0.2, -0.15) is 5.10 Å². The van der Waals surface area contributed by atoms with Crippen LogP contribution in [0, 0.1) is 17.8 Å². The summed E-state index contributed by atoms with van der Waals surface area (Å²) in [7, 11) is 0. The van der Waals surface area contributed by atoms with E-state index in [1.54, 1.807) is 0 Å². The van der Waals surface area contributed by atoms with Crippen molar-refractivity contribution in [3.8, 4) is 0 Å². The Bertz CT molecular complexity index is 585. The van der Waals surface area contributed by atoms with Crippen LogP contribution in [-0.4, -0.2) is 32.7 Å². The van der Waals surface area contributed by atoms with Crippen LogP contribution in [0.4, 0.5) is 5.69 Å². The second kappa shape index (κ2) is 4.98. The second-order valence-corrected chi connectivity index (χ2v) is 5.76. The fourth-order valence-corrected chi connectivity index (χ4v) is 3.41. The lowest BCUT2D eigenvalue weighted by Crippen LogP contribution is -2.31. The maximum atomic E-state index is 12.4. The van der Waals surface area contributed by atoms with Crippen LogP contribution in [0.5, 0.6) is 0 Å². The second-order valence-electron chi connectivity index (χ2n) is 5.76. The number of hydrogen-bond acceptors (Lipinski definition) is 4. The van der Waals surface area contributed by atoms with E-state index in [0.717, 1.165) is 19.3 Å². The van der Waals surface area contributed by atoms with Gasteiger partial charge in [0.05, 0.1) is 23.7 Å². The van der Waals surface area contributed by atoms with E-state index in [9.17, 15) is 14.4 Å². The van der Waals surface area contributed by atoms with Crippen LogP contribution < -0.4 is 4.90 Å². The Hall–Kier alpha value is -2.18. The summed E-state index contributed by atoms with van der Waals surface area (Å²) in [5.41, 5.74) is 0.369. The summed E-state index contributed by atoms with van der Waals surface area (Å²) < 4.78 is 1.21. The van der Waals surface area contributed by atoms with E-state index in [4.69, 9.17) is 5.11 Å². The molecule has 2 amide bonds. The van der Waals surface area contributed by atoms with Crippen molar-refractivity contribution in [1.82, 2.24) is 9.78 Å². The highest BCUT2D eigenvalue weighted by Gasteiger charge is 2.52. The first-order valence-corrected chi connectivity index (χ1v) is 7.13. The minimum Gasteiger partial charge on any atom is -0.480 e. The van der Waals surface area contributed by atoms with Gasteiger partial charge in [-0.1, -0.05) is 13.3 Å². The van der Waals surface area contributed by atoms with Gasteiger partial charge in [0.15, 0.2) is 0 Å². The molecule has 2 atom stereocenters. The predicted octanol–water partition coefficient (Wildman–Crippen LogP) is 0.893. The number of carbonyl (C=O) groups excluding carboxylic acids is 2. The van der Waals surface area contributed by atoms with Crippen LogP contribution in [-0.2, 0) is 20.9 Å². The highest BCUT2D eigenvalue weighted by Crippen LogP contribution is 2.45. The molecule has 1 aliphatic carbocycles. The first kappa shape index (κ1) is 13.8. The number of aliphatic carboxylic acids is 1. The molecule has 1 aromatic rings. The molecular weight excluding hydrogens is 274 g/mol. The average molecular weight is 291 g/mol. The number of nitrogens with zero attached hydrogens (tertiary/aromatic N) is 3. The molecule has 21 heavy (non-hydrogen) atoms. The Balaban J connectivity index is 1.81. The SMILES string of the molecule is CCC1CC2C(=O)N(c3cnn(CC(=O)O)c3)C(=O)C2C1. The molecule has 0 bridgehead atoms. The molecule has 2 heterocycles. The molecule has 7 heteroatoms. The summed E-state index contributed by atoms with van der Waals surface area (Å²) in [6.07, 6.45) is 5.33. The molecule has 1 N–H and O–H groups in total. The number of hydrogen-bond donors (Lipinski definition) is 1. The highest BCUT2D eigenvalue weighted by molar-refractivity contribution is 6.22. The molecule has 0 spiro atoms. The van der Waals surface area contributed by atoms with E-state index >= 15 is 0 Å². The van der Waals surface area contributed by atoms with Crippen LogP contribution in [0.1, 0.15) is 26.2 Å². The summed E-state index contributed by atoms with van der Waals surface area (Å²) in [6.45, 7) is 1.79. The minimum atomic E-state index is -1.02. The van der Waals surface area contributed by atoms with Gasteiger partial charge >= 0.3 is 5.97 Å². The zero-order chi connectivity index (χ0) is 15.1. The maximum absolute atomic E-state index is 12.4. The Morgan fingerprint density at radius 3 is 2.48 bits per heavy atom. The monoisotopic (exact) mass is 291 g/mol.